The summed E-state index contributed by atoms with van der Waals surface area (Å²) < 4.78 is 18.3. The minimum Gasteiger partial charge on any atom is -0.497 e. The molecule has 1 heterocycles. The molecule has 2 aromatic carbocycles. The number of hydrogen-bond donors (Lipinski definition) is 1. The third kappa shape index (κ3) is 3.71. The summed E-state index contributed by atoms with van der Waals surface area (Å²) in [5.41, 5.74) is 1.97. The summed E-state index contributed by atoms with van der Waals surface area (Å²) in [5, 5.41) is 10.6. The van der Waals surface area contributed by atoms with Gasteiger partial charge in [-0.3, -0.25) is 4.90 Å². The van der Waals surface area contributed by atoms with Crippen LogP contribution in [0, 0.1) is 5.82 Å². The molecular formula is C19H22FNO2. The number of hydrogen-bond acceptors (Lipinski definition) is 3. The third-order valence-electron chi connectivity index (χ3n) is 4.50. The minimum absolute atomic E-state index is 0.213. The lowest BCUT2D eigenvalue weighted by atomic mass is 10.0. The van der Waals surface area contributed by atoms with Crippen LogP contribution < -0.4 is 4.74 Å². The summed E-state index contributed by atoms with van der Waals surface area (Å²) in [4.78, 5) is 2.28. The third-order valence-corrected chi connectivity index (χ3v) is 4.50. The number of methoxy groups -OCH3 is 1. The van der Waals surface area contributed by atoms with Gasteiger partial charge in [0, 0.05) is 12.6 Å². The second-order valence-corrected chi connectivity index (χ2v) is 6.00. The molecule has 0 bridgehead atoms. The molecule has 0 aliphatic carbocycles. The fraction of sp³-hybridized carbons (Fsp3) is 0.368. The van der Waals surface area contributed by atoms with Crippen molar-refractivity contribution in [2.75, 3.05) is 20.2 Å². The van der Waals surface area contributed by atoms with Gasteiger partial charge in [-0.2, -0.15) is 0 Å². The van der Waals surface area contributed by atoms with Crippen molar-refractivity contribution in [3.8, 4) is 5.75 Å². The first-order chi connectivity index (χ1) is 11.2. The number of aliphatic hydroxyl groups excluding tert-OH is 1. The lowest BCUT2D eigenvalue weighted by Gasteiger charge is -2.27. The predicted octanol–water partition coefficient (Wildman–Crippen LogP) is 3.70. The van der Waals surface area contributed by atoms with Crippen molar-refractivity contribution in [2.45, 2.75) is 25.0 Å². The number of likely N-dealkylation sites (tertiary alicyclic amines) is 1. The van der Waals surface area contributed by atoms with Crippen molar-refractivity contribution in [2.24, 2.45) is 0 Å². The second-order valence-electron chi connectivity index (χ2n) is 6.00. The molecule has 23 heavy (non-hydrogen) atoms. The van der Waals surface area contributed by atoms with E-state index < -0.39 is 6.10 Å². The van der Waals surface area contributed by atoms with Gasteiger partial charge >= 0.3 is 0 Å². The predicted molar refractivity (Wildman–Crippen MR) is 87.9 cm³/mol. The largest absolute Gasteiger partial charge is 0.497 e. The van der Waals surface area contributed by atoms with Gasteiger partial charge in [0.15, 0.2) is 0 Å². The van der Waals surface area contributed by atoms with Crippen molar-refractivity contribution < 1.29 is 14.2 Å². The fourth-order valence-corrected chi connectivity index (χ4v) is 3.28. The molecule has 2 atom stereocenters. The second kappa shape index (κ2) is 7.11. The molecule has 0 saturated carbocycles. The monoisotopic (exact) mass is 315 g/mol. The van der Waals surface area contributed by atoms with E-state index in [1.54, 1.807) is 7.11 Å². The molecule has 0 radical (unpaired) electrons. The van der Waals surface area contributed by atoms with E-state index in [0.29, 0.717) is 6.54 Å². The first-order valence-electron chi connectivity index (χ1n) is 7.99. The Morgan fingerprint density at radius 1 is 1.26 bits per heavy atom. The van der Waals surface area contributed by atoms with E-state index >= 15 is 0 Å². The van der Waals surface area contributed by atoms with Gasteiger partial charge in [-0.1, -0.05) is 24.3 Å². The summed E-state index contributed by atoms with van der Waals surface area (Å²) in [6.45, 7) is 1.51. The van der Waals surface area contributed by atoms with Gasteiger partial charge in [-0.15, -0.1) is 0 Å². The molecule has 1 fully saturated rings. The van der Waals surface area contributed by atoms with E-state index in [9.17, 15) is 9.50 Å². The Labute approximate surface area is 136 Å². The van der Waals surface area contributed by atoms with Crippen molar-refractivity contribution in [1.29, 1.82) is 0 Å². The molecule has 0 spiro atoms. The van der Waals surface area contributed by atoms with E-state index in [2.05, 4.69) is 4.90 Å². The Kier molecular flexibility index (Phi) is 4.94. The summed E-state index contributed by atoms with van der Waals surface area (Å²) in [6, 6.07) is 14.5. The highest BCUT2D eigenvalue weighted by Crippen LogP contribution is 2.33. The van der Waals surface area contributed by atoms with Crippen LogP contribution in [0.2, 0.25) is 0 Å². The van der Waals surface area contributed by atoms with Crippen molar-refractivity contribution in [3.63, 3.8) is 0 Å². The number of ether oxygens (including phenoxy) is 1. The molecule has 3 rings (SSSR count). The zero-order chi connectivity index (χ0) is 16.2. The van der Waals surface area contributed by atoms with Crippen molar-refractivity contribution in [3.05, 3.63) is 65.5 Å². The maximum absolute atomic E-state index is 13.1. The summed E-state index contributed by atoms with van der Waals surface area (Å²) >= 11 is 0. The minimum atomic E-state index is -0.564. The molecule has 1 N–H and O–H groups in total. The number of benzene rings is 2. The maximum atomic E-state index is 13.1. The van der Waals surface area contributed by atoms with Crippen LogP contribution in [0.4, 0.5) is 4.39 Å². The normalized spacial score (nSPS) is 19.7. The molecule has 2 unspecified atom stereocenters. The molecule has 122 valence electrons. The van der Waals surface area contributed by atoms with Crippen LogP contribution in [0.25, 0.3) is 0 Å². The number of aliphatic hydroxyl groups is 1. The molecule has 0 amide bonds. The quantitative estimate of drug-likeness (QED) is 0.913. The van der Waals surface area contributed by atoms with Gasteiger partial charge in [0.05, 0.1) is 13.2 Å². The topological polar surface area (TPSA) is 32.7 Å². The van der Waals surface area contributed by atoms with Gasteiger partial charge in [-0.25, -0.2) is 4.39 Å². The van der Waals surface area contributed by atoms with Crippen LogP contribution in [-0.2, 0) is 0 Å². The molecule has 1 saturated heterocycles. The lowest BCUT2D eigenvalue weighted by molar-refractivity contribution is 0.106. The van der Waals surface area contributed by atoms with Gasteiger partial charge < -0.3 is 9.84 Å². The average molecular weight is 315 g/mol. The zero-order valence-corrected chi connectivity index (χ0v) is 13.3. The SMILES string of the molecule is COc1cccc(C(O)CN2CCCC2c2ccc(F)cc2)c1. The van der Waals surface area contributed by atoms with E-state index in [-0.39, 0.29) is 11.9 Å². The summed E-state index contributed by atoms with van der Waals surface area (Å²) in [7, 11) is 1.62. The maximum Gasteiger partial charge on any atom is 0.123 e. The number of β-amino-alcohol motifs (C(OH)–C–C–N with tert-alkyl or cyclic N) is 1. The highest BCUT2D eigenvalue weighted by Gasteiger charge is 2.28. The molecule has 0 aromatic heterocycles. The van der Waals surface area contributed by atoms with Gasteiger partial charge in [0.25, 0.3) is 0 Å². The highest BCUT2D eigenvalue weighted by molar-refractivity contribution is 5.30. The Bertz CT molecular complexity index is 644. The smallest absolute Gasteiger partial charge is 0.123 e. The molecular weight excluding hydrogens is 293 g/mol. The van der Waals surface area contributed by atoms with Crippen LogP contribution in [-0.4, -0.2) is 30.2 Å². The molecule has 4 heteroatoms. The van der Waals surface area contributed by atoms with Gasteiger partial charge in [0.2, 0.25) is 0 Å². The van der Waals surface area contributed by atoms with Crippen LogP contribution in [0.1, 0.15) is 36.1 Å². The molecule has 2 aromatic rings. The molecule has 1 aliphatic rings. The van der Waals surface area contributed by atoms with Gasteiger partial charge in [0.1, 0.15) is 11.6 Å². The van der Waals surface area contributed by atoms with Crippen LogP contribution in [0.15, 0.2) is 48.5 Å². The average Bonchev–Trinajstić information content (AvgIpc) is 3.03. The van der Waals surface area contributed by atoms with Crippen LogP contribution in [0.3, 0.4) is 0 Å². The number of halogens is 1. The first-order valence-corrected chi connectivity index (χ1v) is 7.99. The van der Waals surface area contributed by atoms with Crippen molar-refractivity contribution in [1.82, 2.24) is 4.90 Å². The van der Waals surface area contributed by atoms with Gasteiger partial charge in [-0.05, 0) is 54.8 Å². The Hall–Kier alpha value is -1.91. The lowest BCUT2D eigenvalue weighted by Crippen LogP contribution is -2.28. The fourth-order valence-electron chi connectivity index (χ4n) is 3.28. The van der Waals surface area contributed by atoms with Crippen LogP contribution >= 0.6 is 0 Å². The van der Waals surface area contributed by atoms with E-state index in [1.807, 2.05) is 36.4 Å². The number of nitrogens with zero attached hydrogens (tertiary/aromatic N) is 1. The molecule has 3 nitrogen and oxygen atoms in total. The first kappa shape index (κ1) is 16.0. The Morgan fingerprint density at radius 3 is 2.78 bits per heavy atom. The Morgan fingerprint density at radius 2 is 2.04 bits per heavy atom. The summed E-state index contributed by atoms with van der Waals surface area (Å²) in [5.74, 6) is 0.535. The van der Waals surface area contributed by atoms with E-state index in [0.717, 1.165) is 36.3 Å². The summed E-state index contributed by atoms with van der Waals surface area (Å²) in [6.07, 6.45) is 1.56. The van der Waals surface area contributed by atoms with Crippen molar-refractivity contribution >= 4 is 0 Å². The van der Waals surface area contributed by atoms with E-state index in [1.165, 1.54) is 12.1 Å². The molecule has 1 aliphatic heterocycles. The Balaban J connectivity index is 1.71. The van der Waals surface area contributed by atoms with E-state index in [4.69, 9.17) is 4.74 Å². The number of rotatable bonds is 5. The highest BCUT2D eigenvalue weighted by atomic mass is 19.1. The van der Waals surface area contributed by atoms with Crippen LogP contribution in [0.5, 0.6) is 5.75 Å². The standard InChI is InChI=1S/C19H22FNO2/c1-23-17-5-2-4-15(12-17)19(22)13-21-11-3-6-18(21)14-7-9-16(20)10-8-14/h2,4-5,7-10,12,18-19,22H,3,6,11,13H2,1H3. The zero-order valence-electron chi connectivity index (χ0n) is 13.3.